The highest BCUT2D eigenvalue weighted by molar-refractivity contribution is 7.98. The van der Waals surface area contributed by atoms with Crippen molar-refractivity contribution in [2.75, 3.05) is 12.0 Å². The Hall–Kier alpha value is -0.00312. The Morgan fingerprint density at radius 1 is 1.90 bits per heavy atom. The van der Waals surface area contributed by atoms with E-state index in [1.165, 1.54) is 0 Å². The minimum Gasteiger partial charge on any atom is -0.528 e. The topological polar surface area (TPSA) is 52.3 Å². The summed E-state index contributed by atoms with van der Waals surface area (Å²) in [5.74, 6) is 0.651. The van der Waals surface area contributed by atoms with Crippen LogP contribution < -0.4 is 5.73 Å². The van der Waals surface area contributed by atoms with Gasteiger partial charge in [0.1, 0.15) is 6.04 Å². The van der Waals surface area contributed by atoms with Crippen molar-refractivity contribution >= 4 is 28.2 Å². The molecule has 2 N–H and O–H groups in total. The Labute approximate surface area is 68.2 Å². The maximum absolute atomic E-state index is 10.7. The van der Waals surface area contributed by atoms with Crippen LogP contribution in [0.15, 0.2) is 0 Å². The molecule has 0 spiro atoms. The minimum atomic E-state index is -0.412. The molecule has 1 atom stereocenters. The molecule has 0 aliphatic rings. The summed E-state index contributed by atoms with van der Waals surface area (Å²) in [5, 5.41) is 0. The number of rotatable bonds is 4. The van der Waals surface area contributed by atoms with Gasteiger partial charge in [0.25, 0.3) is 0 Å². The number of carbonyl (C=O) groups is 1. The van der Waals surface area contributed by atoms with Crippen molar-refractivity contribution in [1.82, 2.24) is 0 Å². The van der Waals surface area contributed by atoms with Crippen molar-refractivity contribution in [3.05, 3.63) is 0 Å². The lowest BCUT2D eigenvalue weighted by Gasteiger charge is -2.07. The Kier molecular flexibility index (Phi) is 5.76. The third-order valence-corrected chi connectivity index (χ3v) is 2.18. The summed E-state index contributed by atoms with van der Waals surface area (Å²) in [6.07, 6.45) is 2.70. The van der Waals surface area contributed by atoms with E-state index in [-0.39, 0.29) is 5.97 Å². The second-order valence-electron chi connectivity index (χ2n) is 1.91. The van der Waals surface area contributed by atoms with Gasteiger partial charge >= 0.3 is 5.97 Å². The van der Waals surface area contributed by atoms with E-state index >= 15 is 0 Å². The van der Waals surface area contributed by atoms with Crippen molar-refractivity contribution in [2.45, 2.75) is 12.5 Å². The highest BCUT2D eigenvalue weighted by Gasteiger charge is 2.11. The smallest absolute Gasteiger partial charge is 0.308 e. The van der Waals surface area contributed by atoms with Gasteiger partial charge in [-0.2, -0.15) is 11.8 Å². The van der Waals surface area contributed by atoms with Crippen LogP contribution >= 0.6 is 11.8 Å². The van der Waals surface area contributed by atoms with Gasteiger partial charge in [0.15, 0.2) is 0 Å². The van der Waals surface area contributed by atoms with Crippen molar-refractivity contribution in [3.8, 4) is 0 Å². The lowest BCUT2D eigenvalue weighted by molar-refractivity contribution is -0.135. The average Bonchev–Trinajstić information content (AvgIpc) is 1.98. The molecular weight excluding hydrogens is 166 g/mol. The molecule has 0 bridgehead atoms. The van der Waals surface area contributed by atoms with E-state index in [2.05, 4.69) is 4.43 Å². The van der Waals surface area contributed by atoms with E-state index in [1.54, 1.807) is 11.8 Å². The van der Waals surface area contributed by atoms with Gasteiger partial charge in [0, 0.05) is 0 Å². The highest BCUT2D eigenvalue weighted by atomic mass is 32.2. The van der Waals surface area contributed by atoms with Gasteiger partial charge in [-0.15, -0.1) is 0 Å². The van der Waals surface area contributed by atoms with E-state index in [1.807, 2.05) is 6.26 Å². The van der Waals surface area contributed by atoms with Crippen molar-refractivity contribution < 1.29 is 9.22 Å². The lowest BCUT2D eigenvalue weighted by atomic mass is 10.2. The van der Waals surface area contributed by atoms with Gasteiger partial charge in [-0.25, -0.2) is 0 Å². The van der Waals surface area contributed by atoms with E-state index < -0.39 is 6.04 Å². The summed E-state index contributed by atoms with van der Waals surface area (Å²) in [6.45, 7) is 0. The highest BCUT2D eigenvalue weighted by Crippen LogP contribution is 1.99. The summed E-state index contributed by atoms with van der Waals surface area (Å²) in [4.78, 5) is 10.7. The molecule has 0 aromatic heterocycles. The molecule has 0 aromatic carbocycles. The zero-order chi connectivity index (χ0) is 7.98. The fraction of sp³-hybridized carbons (Fsp3) is 0.800. The zero-order valence-corrected chi connectivity index (χ0v) is 9.11. The summed E-state index contributed by atoms with van der Waals surface area (Å²) in [7, 11) is 0.443. The van der Waals surface area contributed by atoms with Crippen LogP contribution in [0.5, 0.6) is 0 Å². The lowest BCUT2D eigenvalue weighted by Crippen LogP contribution is -2.32. The van der Waals surface area contributed by atoms with Crippen LogP contribution in [0, 0.1) is 0 Å². The van der Waals surface area contributed by atoms with Crippen molar-refractivity contribution in [1.29, 1.82) is 0 Å². The van der Waals surface area contributed by atoms with Crippen LogP contribution in [0.1, 0.15) is 6.42 Å². The molecular formula is C5H13NO2SSi. The normalized spacial score (nSPS) is 13.0. The second-order valence-corrected chi connectivity index (χ2v) is 3.30. The monoisotopic (exact) mass is 179 g/mol. The molecule has 3 nitrogen and oxygen atoms in total. The first-order chi connectivity index (χ1) is 4.72. The SMILES string of the molecule is CSCC[C@@H](N)C(=O)O[SiH3]. The Balaban J connectivity index is 3.41. The molecule has 0 heterocycles. The molecule has 5 heteroatoms. The van der Waals surface area contributed by atoms with Gasteiger partial charge in [-0.05, 0) is 18.4 Å². The molecule has 0 aromatic rings. The van der Waals surface area contributed by atoms with Gasteiger partial charge in [-0.3, -0.25) is 4.79 Å². The fourth-order valence-electron chi connectivity index (χ4n) is 0.514. The summed E-state index contributed by atoms with van der Waals surface area (Å²) in [5.41, 5.74) is 5.45. The van der Waals surface area contributed by atoms with Crippen LogP contribution in [-0.4, -0.2) is 34.5 Å². The van der Waals surface area contributed by atoms with Crippen LogP contribution in [0.25, 0.3) is 0 Å². The standard InChI is InChI=1S/C5H13NO2SSi/c1-9-3-2-4(6)5(7)8-10/h4H,2-3,6H2,1,10H3/t4-/m1/s1. The Bertz CT molecular complexity index is 112. The van der Waals surface area contributed by atoms with Crippen LogP contribution in [0.4, 0.5) is 0 Å². The predicted molar refractivity (Wildman–Crippen MR) is 47.0 cm³/mol. The van der Waals surface area contributed by atoms with Gasteiger partial charge < -0.3 is 10.2 Å². The quantitative estimate of drug-likeness (QED) is 0.556. The summed E-state index contributed by atoms with van der Waals surface area (Å²) >= 11 is 1.68. The molecule has 0 saturated heterocycles. The molecule has 0 rings (SSSR count). The summed E-state index contributed by atoms with van der Waals surface area (Å²) in [6, 6.07) is -0.412. The number of hydrogen-bond acceptors (Lipinski definition) is 4. The molecule has 0 aliphatic heterocycles. The van der Waals surface area contributed by atoms with Crippen LogP contribution in [-0.2, 0) is 9.22 Å². The van der Waals surface area contributed by atoms with Crippen molar-refractivity contribution in [3.63, 3.8) is 0 Å². The molecule has 0 saturated carbocycles. The van der Waals surface area contributed by atoms with Gasteiger partial charge in [0.05, 0.1) is 0 Å². The van der Waals surface area contributed by atoms with Gasteiger partial charge in [0.2, 0.25) is 10.5 Å². The third-order valence-electron chi connectivity index (χ3n) is 1.14. The van der Waals surface area contributed by atoms with E-state index in [0.717, 1.165) is 5.75 Å². The van der Waals surface area contributed by atoms with E-state index in [4.69, 9.17) is 5.73 Å². The molecule has 0 unspecified atom stereocenters. The van der Waals surface area contributed by atoms with Crippen LogP contribution in [0.2, 0.25) is 0 Å². The molecule has 10 heavy (non-hydrogen) atoms. The molecule has 60 valence electrons. The largest absolute Gasteiger partial charge is 0.528 e. The predicted octanol–water partition coefficient (Wildman–Crippen LogP) is -1.11. The number of thioether (sulfide) groups is 1. The molecule has 0 aliphatic carbocycles. The Morgan fingerprint density at radius 2 is 2.50 bits per heavy atom. The Morgan fingerprint density at radius 3 is 2.90 bits per heavy atom. The maximum atomic E-state index is 10.7. The van der Waals surface area contributed by atoms with E-state index in [0.29, 0.717) is 16.9 Å². The number of carbonyl (C=O) groups excluding carboxylic acids is 1. The molecule has 0 fully saturated rings. The van der Waals surface area contributed by atoms with E-state index in [9.17, 15) is 4.79 Å². The minimum absolute atomic E-state index is 0.263. The zero-order valence-electron chi connectivity index (χ0n) is 6.29. The first kappa shape index (κ1) is 10.00. The first-order valence-electron chi connectivity index (χ1n) is 3.04. The number of hydrogen-bond donors (Lipinski definition) is 1. The third kappa shape index (κ3) is 3.92. The number of nitrogens with two attached hydrogens (primary N) is 1. The molecule has 0 amide bonds. The van der Waals surface area contributed by atoms with Crippen LogP contribution in [0.3, 0.4) is 0 Å². The van der Waals surface area contributed by atoms with Gasteiger partial charge in [-0.1, -0.05) is 0 Å². The fourth-order valence-corrected chi connectivity index (χ4v) is 1.31. The first-order valence-corrected chi connectivity index (χ1v) is 5.25. The van der Waals surface area contributed by atoms with Crippen molar-refractivity contribution in [2.24, 2.45) is 5.73 Å². The molecule has 0 radical (unpaired) electrons. The average molecular weight is 179 g/mol. The maximum Gasteiger partial charge on any atom is 0.308 e. The second kappa shape index (κ2) is 5.76. The summed E-state index contributed by atoms with van der Waals surface area (Å²) < 4.78 is 4.57.